The van der Waals surface area contributed by atoms with Crippen molar-refractivity contribution in [2.24, 2.45) is 0 Å². The van der Waals surface area contributed by atoms with E-state index in [4.69, 9.17) is 4.74 Å². The molecule has 0 bridgehead atoms. The fourth-order valence-corrected chi connectivity index (χ4v) is 2.86. The molecule has 2 aromatic rings. The maximum Gasteiger partial charge on any atom is 0.255 e. The van der Waals surface area contributed by atoms with E-state index >= 15 is 0 Å². The molecule has 0 aromatic heterocycles. The Hall–Kier alpha value is -2.70. The van der Waals surface area contributed by atoms with Crippen molar-refractivity contribution >= 4 is 17.5 Å². The zero-order valence-electron chi connectivity index (χ0n) is 13.9. The molecule has 2 unspecified atom stereocenters. The lowest BCUT2D eigenvalue weighted by Crippen LogP contribution is -2.49. The van der Waals surface area contributed by atoms with Crippen molar-refractivity contribution in [3.63, 3.8) is 0 Å². The lowest BCUT2D eigenvalue weighted by molar-refractivity contribution is -0.138. The summed E-state index contributed by atoms with van der Waals surface area (Å²) in [5.74, 6) is -0.405. The lowest BCUT2D eigenvalue weighted by Gasteiger charge is -2.31. The summed E-state index contributed by atoms with van der Waals surface area (Å²) in [5.41, 5.74) is 3.03. The van der Waals surface area contributed by atoms with E-state index in [2.05, 4.69) is 10.6 Å². The van der Waals surface area contributed by atoms with Gasteiger partial charge in [0.2, 0.25) is 5.91 Å². The van der Waals surface area contributed by atoms with Gasteiger partial charge in [0.05, 0.1) is 12.6 Å². The van der Waals surface area contributed by atoms with E-state index in [9.17, 15) is 14.7 Å². The first-order valence-corrected chi connectivity index (χ1v) is 8.07. The molecule has 130 valence electrons. The van der Waals surface area contributed by atoms with Gasteiger partial charge in [-0.3, -0.25) is 9.59 Å². The van der Waals surface area contributed by atoms with Crippen molar-refractivity contribution in [2.45, 2.75) is 19.1 Å². The first-order chi connectivity index (χ1) is 12.1. The molecule has 0 spiro atoms. The SMILES string of the molecule is Cc1ccccc1C(=O)Nc1ccc(C2OCC(=O)NC2CO)cc1. The van der Waals surface area contributed by atoms with Crippen molar-refractivity contribution in [3.05, 3.63) is 65.2 Å². The lowest BCUT2D eigenvalue weighted by atomic mass is 10.0. The monoisotopic (exact) mass is 340 g/mol. The number of hydrogen-bond donors (Lipinski definition) is 3. The highest BCUT2D eigenvalue weighted by molar-refractivity contribution is 6.05. The number of carbonyl (C=O) groups excluding carboxylic acids is 2. The van der Waals surface area contributed by atoms with E-state index in [1.165, 1.54) is 0 Å². The molecular formula is C19H20N2O4. The molecule has 2 atom stereocenters. The van der Waals surface area contributed by atoms with Gasteiger partial charge in [0.1, 0.15) is 12.7 Å². The van der Waals surface area contributed by atoms with Crippen LogP contribution in [0.2, 0.25) is 0 Å². The molecule has 6 nitrogen and oxygen atoms in total. The molecule has 1 aliphatic heterocycles. The maximum atomic E-state index is 12.3. The summed E-state index contributed by atoms with van der Waals surface area (Å²) in [6, 6.07) is 14.1. The Morgan fingerprint density at radius 3 is 2.64 bits per heavy atom. The number of carbonyl (C=O) groups is 2. The topological polar surface area (TPSA) is 87.7 Å². The minimum Gasteiger partial charge on any atom is -0.394 e. The van der Waals surface area contributed by atoms with Crippen LogP contribution in [0.15, 0.2) is 48.5 Å². The minimum absolute atomic E-state index is 0.0348. The van der Waals surface area contributed by atoms with Crippen molar-refractivity contribution in [1.29, 1.82) is 0 Å². The first kappa shape index (κ1) is 17.1. The molecule has 3 N–H and O–H groups in total. The number of aryl methyl sites for hydroxylation is 1. The summed E-state index contributed by atoms with van der Waals surface area (Å²) < 4.78 is 5.53. The molecule has 2 amide bonds. The van der Waals surface area contributed by atoms with Crippen LogP contribution in [0.25, 0.3) is 0 Å². The minimum atomic E-state index is -0.478. The standard InChI is InChI=1S/C19H20N2O4/c1-12-4-2-3-5-15(12)19(24)20-14-8-6-13(7-9-14)18-16(10-22)21-17(23)11-25-18/h2-9,16,18,22H,10-11H2,1H3,(H,20,24)(H,21,23). The Kier molecular flexibility index (Phi) is 5.11. The number of benzene rings is 2. The second-order valence-electron chi connectivity index (χ2n) is 5.98. The van der Waals surface area contributed by atoms with Gasteiger partial charge in [-0.2, -0.15) is 0 Å². The summed E-state index contributed by atoms with van der Waals surface area (Å²) >= 11 is 0. The number of anilines is 1. The number of hydrogen-bond acceptors (Lipinski definition) is 4. The highest BCUT2D eigenvalue weighted by atomic mass is 16.5. The van der Waals surface area contributed by atoms with Gasteiger partial charge < -0.3 is 20.5 Å². The van der Waals surface area contributed by atoms with Gasteiger partial charge in [-0.15, -0.1) is 0 Å². The molecule has 1 aliphatic rings. The highest BCUT2D eigenvalue weighted by Crippen LogP contribution is 2.25. The number of rotatable bonds is 4. The van der Waals surface area contributed by atoms with Crippen molar-refractivity contribution in [1.82, 2.24) is 5.32 Å². The molecule has 0 saturated carbocycles. The summed E-state index contributed by atoms with van der Waals surface area (Å²) in [5, 5.41) is 15.0. The number of ether oxygens (including phenoxy) is 1. The summed E-state index contributed by atoms with van der Waals surface area (Å²) in [6.07, 6.45) is -0.413. The van der Waals surface area contributed by atoms with Crippen LogP contribution in [-0.2, 0) is 9.53 Å². The van der Waals surface area contributed by atoms with Crippen LogP contribution in [0.3, 0.4) is 0 Å². The average Bonchev–Trinajstić information content (AvgIpc) is 2.62. The Labute approximate surface area is 145 Å². The van der Waals surface area contributed by atoms with E-state index in [1.807, 2.05) is 37.3 Å². The van der Waals surface area contributed by atoms with Crippen LogP contribution in [0, 0.1) is 6.92 Å². The predicted molar refractivity (Wildman–Crippen MR) is 93.3 cm³/mol. The normalized spacial score (nSPS) is 20.0. The predicted octanol–water partition coefficient (Wildman–Crippen LogP) is 1.80. The van der Waals surface area contributed by atoms with Gasteiger partial charge in [0, 0.05) is 11.3 Å². The van der Waals surface area contributed by atoms with E-state index in [0.29, 0.717) is 11.3 Å². The van der Waals surface area contributed by atoms with Crippen LogP contribution < -0.4 is 10.6 Å². The van der Waals surface area contributed by atoms with E-state index < -0.39 is 12.1 Å². The van der Waals surface area contributed by atoms with Gasteiger partial charge in [0.25, 0.3) is 5.91 Å². The molecule has 3 rings (SSSR count). The smallest absolute Gasteiger partial charge is 0.255 e. The van der Waals surface area contributed by atoms with Gasteiger partial charge >= 0.3 is 0 Å². The van der Waals surface area contributed by atoms with Crippen molar-refractivity contribution in [2.75, 3.05) is 18.5 Å². The molecule has 25 heavy (non-hydrogen) atoms. The second kappa shape index (κ2) is 7.46. The molecule has 6 heteroatoms. The summed E-state index contributed by atoms with van der Waals surface area (Å²) in [7, 11) is 0. The zero-order valence-corrected chi connectivity index (χ0v) is 13.9. The number of amides is 2. The molecule has 1 heterocycles. The molecule has 1 saturated heterocycles. The fraction of sp³-hybridized carbons (Fsp3) is 0.263. The van der Waals surface area contributed by atoms with Crippen molar-refractivity contribution < 1.29 is 19.4 Å². The van der Waals surface area contributed by atoms with E-state index in [1.54, 1.807) is 18.2 Å². The van der Waals surface area contributed by atoms with Crippen molar-refractivity contribution in [3.8, 4) is 0 Å². The van der Waals surface area contributed by atoms with Crippen LogP contribution in [0.5, 0.6) is 0 Å². The van der Waals surface area contributed by atoms with Gasteiger partial charge in [-0.25, -0.2) is 0 Å². The zero-order chi connectivity index (χ0) is 17.8. The van der Waals surface area contributed by atoms with Crippen LogP contribution in [0.1, 0.15) is 27.6 Å². The third-order valence-corrected chi connectivity index (χ3v) is 4.19. The van der Waals surface area contributed by atoms with Crippen LogP contribution >= 0.6 is 0 Å². The molecular weight excluding hydrogens is 320 g/mol. The number of aliphatic hydroxyl groups excluding tert-OH is 1. The molecule has 0 radical (unpaired) electrons. The number of aliphatic hydroxyl groups is 1. The van der Waals surface area contributed by atoms with Gasteiger partial charge in [-0.05, 0) is 36.2 Å². The van der Waals surface area contributed by atoms with E-state index in [-0.39, 0.29) is 25.0 Å². The van der Waals surface area contributed by atoms with E-state index in [0.717, 1.165) is 11.1 Å². The summed E-state index contributed by atoms with van der Waals surface area (Å²) in [4.78, 5) is 23.7. The largest absolute Gasteiger partial charge is 0.394 e. The number of nitrogens with one attached hydrogen (secondary N) is 2. The Morgan fingerprint density at radius 2 is 1.96 bits per heavy atom. The molecule has 1 fully saturated rings. The number of morpholine rings is 1. The first-order valence-electron chi connectivity index (χ1n) is 8.07. The Morgan fingerprint density at radius 1 is 1.24 bits per heavy atom. The molecule has 0 aliphatic carbocycles. The fourth-order valence-electron chi connectivity index (χ4n) is 2.86. The van der Waals surface area contributed by atoms with Crippen LogP contribution in [-0.4, -0.2) is 36.2 Å². The third-order valence-electron chi connectivity index (χ3n) is 4.19. The van der Waals surface area contributed by atoms with Crippen LogP contribution in [0.4, 0.5) is 5.69 Å². The molecule has 2 aromatic carbocycles. The van der Waals surface area contributed by atoms with Gasteiger partial charge in [-0.1, -0.05) is 30.3 Å². The maximum absolute atomic E-state index is 12.3. The third kappa shape index (κ3) is 3.87. The summed E-state index contributed by atoms with van der Waals surface area (Å²) in [6.45, 7) is 1.65. The highest BCUT2D eigenvalue weighted by Gasteiger charge is 2.30. The Balaban J connectivity index is 1.71. The quantitative estimate of drug-likeness (QED) is 0.792. The van der Waals surface area contributed by atoms with Gasteiger partial charge in [0.15, 0.2) is 0 Å². The average molecular weight is 340 g/mol. The Bertz CT molecular complexity index is 773. The second-order valence-corrected chi connectivity index (χ2v) is 5.98.